The van der Waals surface area contributed by atoms with Crippen LogP contribution >= 0.6 is 0 Å². The molecule has 132 valence electrons. The number of carbonyl (C=O) groups is 1. The number of H-pyrrole nitrogens is 1. The van der Waals surface area contributed by atoms with E-state index >= 15 is 0 Å². The van der Waals surface area contributed by atoms with Gasteiger partial charge in [-0.05, 0) is 66.1 Å². The topological polar surface area (TPSA) is 32.9 Å². The van der Waals surface area contributed by atoms with Crippen LogP contribution in [0.4, 0.5) is 4.39 Å². The summed E-state index contributed by atoms with van der Waals surface area (Å²) in [4.78, 5) is 15.5. The number of hydrogen-bond acceptors (Lipinski definition) is 1. The molecule has 0 spiro atoms. The Balaban J connectivity index is 1.79. The largest absolute Gasteiger partial charge is 0.354 e. The van der Waals surface area contributed by atoms with Crippen LogP contribution in [0, 0.1) is 5.82 Å². The number of fused-ring (bicyclic) bond motifs is 1. The summed E-state index contributed by atoms with van der Waals surface area (Å²) in [5.41, 5.74) is 5.25. The van der Waals surface area contributed by atoms with Crippen LogP contribution in [0.2, 0.25) is 0 Å². The number of hydrogen-bond donors (Lipinski definition) is 1. The third-order valence-electron chi connectivity index (χ3n) is 4.55. The van der Waals surface area contributed by atoms with Gasteiger partial charge in [0, 0.05) is 16.6 Å². The second-order valence-electron chi connectivity index (χ2n) is 6.52. The zero-order valence-corrected chi connectivity index (χ0v) is 14.9. The van der Waals surface area contributed by atoms with Crippen molar-refractivity contribution in [2.75, 3.05) is 0 Å². The molecule has 0 aliphatic rings. The molecule has 27 heavy (non-hydrogen) atoms. The van der Waals surface area contributed by atoms with Gasteiger partial charge in [-0.1, -0.05) is 42.5 Å². The number of Topliss-reactive ketones (excluding diaryl/α,β-unsaturated/α-hetero) is 1. The number of halogens is 1. The number of aromatic nitrogens is 1. The van der Waals surface area contributed by atoms with Crippen molar-refractivity contribution in [3.05, 3.63) is 95.3 Å². The second-order valence-corrected chi connectivity index (χ2v) is 6.52. The molecule has 0 saturated carbocycles. The Morgan fingerprint density at radius 3 is 2.30 bits per heavy atom. The summed E-state index contributed by atoms with van der Waals surface area (Å²) < 4.78 is 13.2. The van der Waals surface area contributed by atoms with Crippen LogP contribution in [-0.4, -0.2) is 10.8 Å². The normalized spacial score (nSPS) is 11.3. The Labute approximate surface area is 157 Å². The maximum absolute atomic E-state index is 13.2. The average Bonchev–Trinajstić information content (AvgIpc) is 3.11. The maximum Gasteiger partial charge on any atom is 0.161 e. The van der Waals surface area contributed by atoms with E-state index in [4.69, 9.17) is 0 Å². The fourth-order valence-electron chi connectivity index (χ4n) is 3.18. The molecule has 1 aromatic heterocycles. The molecule has 0 amide bonds. The molecule has 0 radical (unpaired) electrons. The van der Waals surface area contributed by atoms with E-state index in [0.717, 1.165) is 33.3 Å². The molecule has 0 atom stereocenters. The summed E-state index contributed by atoms with van der Waals surface area (Å²) in [6.45, 7) is 1.57. The van der Waals surface area contributed by atoms with E-state index in [-0.39, 0.29) is 11.6 Å². The maximum atomic E-state index is 13.2. The molecule has 4 aromatic rings. The number of carbonyl (C=O) groups excluding carboxylic acids is 1. The third kappa shape index (κ3) is 3.58. The van der Waals surface area contributed by atoms with Crippen LogP contribution in [0.15, 0.2) is 72.8 Å². The summed E-state index contributed by atoms with van der Waals surface area (Å²) in [6, 6.07) is 22.3. The van der Waals surface area contributed by atoms with E-state index in [2.05, 4.69) is 4.98 Å². The van der Waals surface area contributed by atoms with Crippen molar-refractivity contribution in [1.82, 2.24) is 4.98 Å². The first-order valence-electron chi connectivity index (χ1n) is 8.77. The Morgan fingerprint density at radius 2 is 1.59 bits per heavy atom. The van der Waals surface area contributed by atoms with Crippen LogP contribution in [0.25, 0.3) is 34.3 Å². The predicted octanol–water partition coefficient (Wildman–Crippen LogP) is 6.35. The summed E-state index contributed by atoms with van der Waals surface area (Å²) in [5, 5.41) is 0.953. The highest BCUT2D eigenvalue weighted by Crippen LogP contribution is 2.28. The highest BCUT2D eigenvalue weighted by Gasteiger charge is 2.12. The number of rotatable bonds is 4. The van der Waals surface area contributed by atoms with Crippen molar-refractivity contribution in [2.45, 2.75) is 6.92 Å². The summed E-state index contributed by atoms with van der Waals surface area (Å²) in [7, 11) is 0. The van der Waals surface area contributed by atoms with Crippen LogP contribution in [-0.2, 0) is 0 Å². The smallest absolute Gasteiger partial charge is 0.161 e. The van der Waals surface area contributed by atoms with E-state index < -0.39 is 0 Å². The molecule has 0 aliphatic heterocycles. The number of ketones is 1. The molecule has 0 aliphatic carbocycles. The lowest BCUT2D eigenvalue weighted by molar-refractivity contribution is 0.101. The van der Waals surface area contributed by atoms with Crippen molar-refractivity contribution in [2.24, 2.45) is 0 Å². The molecule has 0 bridgehead atoms. The van der Waals surface area contributed by atoms with Crippen LogP contribution in [0.1, 0.15) is 28.4 Å². The lowest BCUT2D eigenvalue weighted by Crippen LogP contribution is -1.94. The van der Waals surface area contributed by atoms with Gasteiger partial charge in [-0.3, -0.25) is 4.79 Å². The van der Waals surface area contributed by atoms with Crippen molar-refractivity contribution in [3.8, 4) is 11.3 Å². The monoisotopic (exact) mass is 355 g/mol. The average molecular weight is 355 g/mol. The molecule has 1 N–H and O–H groups in total. The van der Waals surface area contributed by atoms with Gasteiger partial charge in [0.2, 0.25) is 0 Å². The van der Waals surface area contributed by atoms with Gasteiger partial charge in [0.25, 0.3) is 0 Å². The third-order valence-corrected chi connectivity index (χ3v) is 4.55. The predicted molar refractivity (Wildman–Crippen MR) is 109 cm³/mol. The second kappa shape index (κ2) is 7.04. The molecule has 2 nitrogen and oxygen atoms in total. The zero-order valence-electron chi connectivity index (χ0n) is 14.9. The molecule has 0 saturated heterocycles. The van der Waals surface area contributed by atoms with Gasteiger partial charge in [-0.15, -0.1) is 0 Å². The Hall–Kier alpha value is -3.46. The summed E-state index contributed by atoms with van der Waals surface area (Å²) in [6.07, 6.45) is 4.03. The van der Waals surface area contributed by atoms with Gasteiger partial charge in [0.05, 0.1) is 5.52 Å². The molecule has 4 rings (SSSR count). The molecule has 3 heteroatoms. The van der Waals surface area contributed by atoms with Crippen molar-refractivity contribution >= 4 is 28.8 Å². The van der Waals surface area contributed by atoms with E-state index in [0.29, 0.717) is 5.56 Å². The van der Waals surface area contributed by atoms with Crippen LogP contribution < -0.4 is 0 Å². The first kappa shape index (κ1) is 17.0. The highest BCUT2D eigenvalue weighted by atomic mass is 19.1. The molecular formula is C24H18FNO. The summed E-state index contributed by atoms with van der Waals surface area (Å²) >= 11 is 0. The lowest BCUT2D eigenvalue weighted by Gasteiger charge is -2.02. The molecular weight excluding hydrogens is 337 g/mol. The van der Waals surface area contributed by atoms with Crippen LogP contribution in [0.5, 0.6) is 0 Å². The van der Waals surface area contributed by atoms with E-state index in [1.54, 1.807) is 19.1 Å². The number of nitrogens with one attached hydrogen (secondary N) is 1. The minimum atomic E-state index is -0.271. The summed E-state index contributed by atoms with van der Waals surface area (Å²) in [5.74, 6) is -0.268. The van der Waals surface area contributed by atoms with Crippen molar-refractivity contribution in [1.29, 1.82) is 0 Å². The van der Waals surface area contributed by atoms with Crippen LogP contribution in [0.3, 0.4) is 0 Å². The van der Waals surface area contributed by atoms with Gasteiger partial charge in [-0.2, -0.15) is 0 Å². The van der Waals surface area contributed by atoms with E-state index in [9.17, 15) is 9.18 Å². The number of aromatic amines is 1. The Kier molecular flexibility index (Phi) is 4.43. The quantitative estimate of drug-likeness (QED) is 0.336. The fourth-order valence-corrected chi connectivity index (χ4v) is 3.18. The van der Waals surface area contributed by atoms with Gasteiger partial charge in [-0.25, -0.2) is 4.39 Å². The zero-order chi connectivity index (χ0) is 18.8. The van der Waals surface area contributed by atoms with Gasteiger partial charge in [0.1, 0.15) is 5.82 Å². The fraction of sp³-hybridized carbons (Fsp3) is 0.0417. The highest BCUT2D eigenvalue weighted by molar-refractivity contribution is 6.07. The van der Waals surface area contributed by atoms with Gasteiger partial charge in [0.15, 0.2) is 5.78 Å². The molecule has 0 unspecified atom stereocenters. The first-order chi connectivity index (χ1) is 13.1. The SMILES string of the molecule is CC(=O)c1cc(/C=C/c2ccccc2)cc2cc(-c3ccc(F)cc3)[nH]c12. The molecule has 3 aromatic carbocycles. The molecule has 1 heterocycles. The van der Waals surface area contributed by atoms with Gasteiger partial charge >= 0.3 is 0 Å². The minimum Gasteiger partial charge on any atom is -0.354 e. The minimum absolute atomic E-state index is 0.00228. The van der Waals surface area contributed by atoms with Crippen molar-refractivity contribution < 1.29 is 9.18 Å². The lowest BCUT2D eigenvalue weighted by atomic mass is 10.0. The number of benzene rings is 3. The molecule has 0 fully saturated rings. The standard InChI is InChI=1S/C24H18FNO/c1-16(27)22-14-18(8-7-17-5-3-2-4-6-17)13-20-15-23(26-24(20)22)19-9-11-21(25)12-10-19/h2-15,26H,1H3/b8-7+. The van der Waals surface area contributed by atoms with Gasteiger partial charge < -0.3 is 4.98 Å². The first-order valence-corrected chi connectivity index (χ1v) is 8.77. The Bertz CT molecular complexity index is 1140. The Morgan fingerprint density at radius 1 is 0.889 bits per heavy atom. The van der Waals surface area contributed by atoms with E-state index in [1.165, 1.54) is 12.1 Å². The van der Waals surface area contributed by atoms with Crippen molar-refractivity contribution in [3.63, 3.8) is 0 Å². The van der Waals surface area contributed by atoms with E-state index in [1.807, 2.05) is 60.7 Å².